The van der Waals surface area contributed by atoms with Gasteiger partial charge in [-0.3, -0.25) is 0 Å². The Morgan fingerprint density at radius 1 is 1.44 bits per heavy atom. The van der Waals surface area contributed by atoms with Gasteiger partial charge in [0.1, 0.15) is 5.82 Å². The van der Waals surface area contributed by atoms with Gasteiger partial charge in [-0.25, -0.2) is 4.98 Å². The van der Waals surface area contributed by atoms with Crippen molar-refractivity contribution in [3.05, 3.63) is 16.0 Å². The van der Waals surface area contributed by atoms with Gasteiger partial charge in [-0.1, -0.05) is 0 Å². The van der Waals surface area contributed by atoms with Crippen molar-refractivity contribution in [2.24, 2.45) is 5.92 Å². The standard InChI is InChI=1S/C10H10BrClF3N3/c11-7-4-16-9(12)17-8(7)18-3-1-2-6(5-18)10(13,14)15/h4,6H,1-3,5H2. The van der Waals surface area contributed by atoms with E-state index in [0.29, 0.717) is 23.3 Å². The minimum absolute atomic E-state index is 0.0299. The summed E-state index contributed by atoms with van der Waals surface area (Å²) in [6.07, 6.45) is -2.07. The Bertz CT molecular complexity index is 441. The number of halogens is 5. The van der Waals surface area contributed by atoms with E-state index in [-0.39, 0.29) is 18.2 Å². The normalized spacial score (nSPS) is 21.2. The van der Waals surface area contributed by atoms with Gasteiger partial charge in [-0.15, -0.1) is 0 Å². The fraction of sp³-hybridized carbons (Fsp3) is 0.600. The first kappa shape index (κ1) is 13.9. The lowest BCUT2D eigenvalue weighted by Gasteiger charge is -2.34. The second-order valence-electron chi connectivity index (χ2n) is 4.14. The Morgan fingerprint density at radius 2 is 2.17 bits per heavy atom. The smallest absolute Gasteiger partial charge is 0.355 e. The van der Waals surface area contributed by atoms with Crippen LogP contribution in [0, 0.1) is 5.92 Å². The Morgan fingerprint density at radius 3 is 2.83 bits per heavy atom. The molecular formula is C10H10BrClF3N3. The number of rotatable bonds is 1. The molecule has 2 rings (SSSR count). The van der Waals surface area contributed by atoms with Crippen LogP contribution in [-0.4, -0.2) is 29.2 Å². The first-order chi connectivity index (χ1) is 8.38. The molecule has 1 aliphatic rings. The molecule has 1 aromatic heterocycles. The number of aromatic nitrogens is 2. The van der Waals surface area contributed by atoms with E-state index in [2.05, 4.69) is 25.9 Å². The predicted octanol–water partition coefficient (Wildman–Crippen LogP) is 3.67. The fourth-order valence-corrected chi connectivity index (χ4v) is 2.57. The molecule has 1 aromatic rings. The molecule has 1 fully saturated rings. The molecule has 0 amide bonds. The van der Waals surface area contributed by atoms with Crippen molar-refractivity contribution in [2.75, 3.05) is 18.0 Å². The van der Waals surface area contributed by atoms with Gasteiger partial charge in [-0.05, 0) is 40.4 Å². The SMILES string of the molecule is FC(F)(F)C1CCCN(c2nc(Cl)ncc2Br)C1. The van der Waals surface area contributed by atoms with Crippen molar-refractivity contribution >= 4 is 33.3 Å². The van der Waals surface area contributed by atoms with Gasteiger partial charge in [0, 0.05) is 19.3 Å². The minimum atomic E-state index is -4.16. The molecule has 1 aliphatic heterocycles. The summed E-state index contributed by atoms with van der Waals surface area (Å²) in [7, 11) is 0. The van der Waals surface area contributed by atoms with Crippen molar-refractivity contribution in [2.45, 2.75) is 19.0 Å². The van der Waals surface area contributed by atoms with Crippen molar-refractivity contribution < 1.29 is 13.2 Å². The topological polar surface area (TPSA) is 29.0 Å². The lowest BCUT2D eigenvalue weighted by Crippen LogP contribution is -2.42. The zero-order valence-electron chi connectivity index (χ0n) is 9.21. The lowest BCUT2D eigenvalue weighted by molar-refractivity contribution is -0.176. The largest absolute Gasteiger partial charge is 0.393 e. The van der Waals surface area contributed by atoms with E-state index in [1.165, 1.54) is 6.20 Å². The Balaban J connectivity index is 2.21. The first-order valence-corrected chi connectivity index (χ1v) is 6.54. The summed E-state index contributed by atoms with van der Waals surface area (Å²) < 4.78 is 38.7. The highest BCUT2D eigenvalue weighted by Gasteiger charge is 2.42. The third kappa shape index (κ3) is 3.06. The molecule has 8 heteroatoms. The van der Waals surface area contributed by atoms with Crippen LogP contribution >= 0.6 is 27.5 Å². The predicted molar refractivity (Wildman–Crippen MR) is 65.7 cm³/mol. The highest BCUT2D eigenvalue weighted by molar-refractivity contribution is 9.10. The Hall–Kier alpha value is -0.560. The third-order valence-electron chi connectivity index (χ3n) is 2.88. The molecule has 0 spiro atoms. The third-order valence-corrected chi connectivity index (χ3v) is 3.62. The van der Waals surface area contributed by atoms with E-state index in [9.17, 15) is 13.2 Å². The number of hydrogen-bond acceptors (Lipinski definition) is 3. The van der Waals surface area contributed by atoms with Crippen LogP contribution in [0.2, 0.25) is 5.28 Å². The maximum atomic E-state index is 12.7. The summed E-state index contributed by atoms with van der Waals surface area (Å²) in [5.74, 6) is -0.893. The molecule has 1 atom stereocenters. The Kier molecular flexibility index (Phi) is 4.01. The first-order valence-electron chi connectivity index (χ1n) is 5.37. The molecule has 0 N–H and O–H groups in total. The van der Waals surface area contributed by atoms with Gasteiger partial charge in [0.2, 0.25) is 5.28 Å². The quantitative estimate of drug-likeness (QED) is 0.728. The fourth-order valence-electron chi connectivity index (χ4n) is 2.00. The summed E-state index contributed by atoms with van der Waals surface area (Å²) in [5, 5.41) is 0.0299. The van der Waals surface area contributed by atoms with Crippen molar-refractivity contribution in [3.8, 4) is 0 Å². The van der Waals surface area contributed by atoms with Gasteiger partial charge in [0.05, 0.1) is 10.4 Å². The van der Waals surface area contributed by atoms with Crippen LogP contribution in [-0.2, 0) is 0 Å². The number of hydrogen-bond donors (Lipinski definition) is 0. The average Bonchev–Trinajstić information content (AvgIpc) is 2.31. The van der Waals surface area contributed by atoms with Crippen LogP contribution in [0.1, 0.15) is 12.8 Å². The molecular weight excluding hydrogens is 334 g/mol. The van der Waals surface area contributed by atoms with Gasteiger partial charge in [0.25, 0.3) is 0 Å². The summed E-state index contributed by atoms with van der Waals surface area (Å²) in [6, 6.07) is 0. The number of nitrogens with zero attached hydrogens (tertiary/aromatic N) is 3. The zero-order valence-corrected chi connectivity index (χ0v) is 11.6. The molecule has 0 aromatic carbocycles. The molecule has 1 unspecified atom stereocenters. The second kappa shape index (κ2) is 5.21. The molecule has 1 saturated heterocycles. The van der Waals surface area contributed by atoms with Crippen molar-refractivity contribution in [1.82, 2.24) is 9.97 Å². The van der Waals surface area contributed by atoms with E-state index >= 15 is 0 Å². The van der Waals surface area contributed by atoms with E-state index < -0.39 is 12.1 Å². The van der Waals surface area contributed by atoms with E-state index in [0.717, 1.165) is 0 Å². The maximum absolute atomic E-state index is 12.7. The van der Waals surface area contributed by atoms with E-state index in [1.54, 1.807) is 4.90 Å². The monoisotopic (exact) mass is 343 g/mol. The van der Waals surface area contributed by atoms with Gasteiger partial charge in [-0.2, -0.15) is 18.2 Å². The van der Waals surface area contributed by atoms with Crippen molar-refractivity contribution in [3.63, 3.8) is 0 Å². The van der Waals surface area contributed by atoms with Crippen LogP contribution < -0.4 is 4.90 Å². The molecule has 0 radical (unpaired) electrons. The highest BCUT2D eigenvalue weighted by atomic mass is 79.9. The van der Waals surface area contributed by atoms with Crippen LogP contribution in [0.25, 0.3) is 0 Å². The molecule has 100 valence electrons. The Labute approximate surface area is 115 Å². The highest BCUT2D eigenvalue weighted by Crippen LogP contribution is 2.36. The van der Waals surface area contributed by atoms with Gasteiger partial charge in [0.15, 0.2) is 0 Å². The van der Waals surface area contributed by atoms with Crippen LogP contribution in [0.3, 0.4) is 0 Å². The molecule has 0 saturated carbocycles. The molecule has 3 nitrogen and oxygen atoms in total. The molecule has 0 aliphatic carbocycles. The summed E-state index contributed by atoms with van der Waals surface area (Å²) in [5.41, 5.74) is 0. The van der Waals surface area contributed by atoms with Crippen LogP contribution in [0.15, 0.2) is 10.7 Å². The van der Waals surface area contributed by atoms with Crippen LogP contribution in [0.4, 0.5) is 19.0 Å². The van der Waals surface area contributed by atoms with E-state index in [4.69, 9.17) is 11.6 Å². The minimum Gasteiger partial charge on any atom is -0.355 e. The van der Waals surface area contributed by atoms with E-state index in [1.807, 2.05) is 0 Å². The molecule has 2 heterocycles. The zero-order chi connectivity index (χ0) is 13.3. The van der Waals surface area contributed by atoms with Crippen LogP contribution in [0.5, 0.6) is 0 Å². The summed E-state index contributed by atoms with van der Waals surface area (Å²) in [6.45, 7) is 0.452. The summed E-state index contributed by atoms with van der Waals surface area (Å²) >= 11 is 8.90. The molecule has 0 bridgehead atoms. The summed E-state index contributed by atoms with van der Waals surface area (Å²) in [4.78, 5) is 9.34. The van der Waals surface area contributed by atoms with Gasteiger partial charge >= 0.3 is 6.18 Å². The van der Waals surface area contributed by atoms with Gasteiger partial charge < -0.3 is 4.90 Å². The lowest BCUT2D eigenvalue weighted by atomic mass is 9.97. The number of alkyl halides is 3. The number of piperidine rings is 1. The van der Waals surface area contributed by atoms with Crippen molar-refractivity contribution in [1.29, 1.82) is 0 Å². The number of anilines is 1. The average molecular weight is 345 g/mol. The second-order valence-corrected chi connectivity index (χ2v) is 5.33. The maximum Gasteiger partial charge on any atom is 0.393 e. The molecule has 18 heavy (non-hydrogen) atoms.